The molecule has 0 saturated heterocycles. The van der Waals surface area contributed by atoms with Gasteiger partial charge in [0.25, 0.3) is 0 Å². The summed E-state index contributed by atoms with van der Waals surface area (Å²) in [5, 5.41) is 9.02. The highest BCUT2D eigenvalue weighted by Crippen LogP contribution is 2.20. The molecular formula is C12H16FNO2. The summed E-state index contributed by atoms with van der Waals surface area (Å²) in [6, 6.07) is 4.33. The summed E-state index contributed by atoms with van der Waals surface area (Å²) in [5.41, 5.74) is 3.60. The van der Waals surface area contributed by atoms with E-state index in [4.69, 9.17) is 9.94 Å². The molecule has 2 rings (SSSR count). The predicted octanol–water partition coefficient (Wildman–Crippen LogP) is 2.50. The van der Waals surface area contributed by atoms with E-state index in [1.165, 1.54) is 25.0 Å². The molecule has 1 saturated carbocycles. The van der Waals surface area contributed by atoms with Crippen molar-refractivity contribution in [2.24, 2.45) is 0 Å². The molecule has 2 N–H and O–H groups in total. The van der Waals surface area contributed by atoms with Gasteiger partial charge in [0.2, 0.25) is 0 Å². The van der Waals surface area contributed by atoms with Crippen LogP contribution >= 0.6 is 0 Å². The number of benzene rings is 1. The maximum Gasteiger partial charge on any atom is 0.165 e. The Morgan fingerprint density at radius 1 is 1.38 bits per heavy atom. The molecule has 0 aliphatic heterocycles. The molecule has 0 spiro atoms. The van der Waals surface area contributed by atoms with Crippen LogP contribution in [0, 0.1) is 5.82 Å². The number of rotatable bonds is 4. The molecule has 1 aromatic rings. The number of phenolic OH excluding ortho intramolecular Hbond substituents is 1. The minimum atomic E-state index is -0.597. The van der Waals surface area contributed by atoms with Crippen molar-refractivity contribution in [2.75, 3.05) is 0 Å². The number of aromatic hydroxyl groups is 1. The number of phenols is 1. The Balaban J connectivity index is 1.78. The van der Waals surface area contributed by atoms with Crippen molar-refractivity contribution in [1.82, 2.24) is 5.48 Å². The van der Waals surface area contributed by atoms with Crippen LogP contribution in [0.4, 0.5) is 4.39 Å². The first-order valence-corrected chi connectivity index (χ1v) is 5.61. The quantitative estimate of drug-likeness (QED) is 0.773. The van der Waals surface area contributed by atoms with Crippen LogP contribution < -0.4 is 5.48 Å². The number of hydrogen-bond acceptors (Lipinski definition) is 3. The van der Waals surface area contributed by atoms with E-state index >= 15 is 0 Å². The Morgan fingerprint density at radius 3 is 2.81 bits per heavy atom. The molecule has 0 aromatic heterocycles. The van der Waals surface area contributed by atoms with Gasteiger partial charge in [-0.25, -0.2) is 4.39 Å². The molecule has 1 fully saturated rings. The van der Waals surface area contributed by atoms with Crippen molar-refractivity contribution < 1.29 is 14.3 Å². The van der Waals surface area contributed by atoms with Gasteiger partial charge in [-0.1, -0.05) is 18.9 Å². The molecule has 1 aromatic carbocycles. The lowest BCUT2D eigenvalue weighted by molar-refractivity contribution is -0.0244. The first-order valence-electron chi connectivity index (χ1n) is 5.61. The van der Waals surface area contributed by atoms with Crippen LogP contribution in [-0.2, 0) is 11.4 Å². The first-order chi connectivity index (χ1) is 7.75. The highest BCUT2D eigenvalue weighted by atomic mass is 19.1. The van der Waals surface area contributed by atoms with E-state index in [2.05, 4.69) is 5.48 Å². The Morgan fingerprint density at radius 2 is 2.12 bits per heavy atom. The standard InChI is InChI=1S/C12H16FNO2/c13-11-7-9(5-6-12(11)15)8-14-16-10-3-1-2-4-10/h5-7,10,14-15H,1-4,8H2. The summed E-state index contributed by atoms with van der Waals surface area (Å²) in [6.45, 7) is 0.452. The number of hydrogen-bond donors (Lipinski definition) is 2. The van der Waals surface area contributed by atoms with Crippen LogP contribution in [0.2, 0.25) is 0 Å². The molecular weight excluding hydrogens is 209 g/mol. The van der Waals surface area contributed by atoms with Crippen LogP contribution in [0.1, 0.15) is 31.2 Å². The zero-order chi connectivity index (χ0) is 11.4. The Kier molecular flexibility index (Phi) is 3.74. The van der Waals surface area contributed by atoms with E-state index in [-0.39, 0.29) is 5.75 Å². The van der Waals surface area contributed by atoms with Crippen LogP contribution in [0.3, 0.4) is 0 Å². The van der Waals surface area contributed by atoms with Crippen molar-refractivity contribution in [1.29, 1.82) is 0 Å². The van der Waals surface area contributed by atoms with E-state index in [1.807, 2.05) is 0 Å². The van der Waals surface area contributed by atoms with Gasteiger partial charge in [0.15, 0.2) is 11.6 Å². The molecule has 3 nitrogen and oxygen atoms in total. The number of halogens is 1. The Hall–Kier alpha value is -1.13. The number of nitrogens with one attached hydrogen (secondary N) is 1. The van der Waals surface area contributed by atoms with Gasteiger partial charge in [-0.3, -0.25) is 4.84 Å². The van der Waals surface area contributed by atoms with E-state index in [0.29, 0.717) is 12.6 Å². The van der Waals surface area contributed by atoms with Gasteiger partial charge in [-0.15, -0.1) is 0 Å². The van der Waals surface area contributed by atoms with E-state index in [1.54, 1.807) is 6.07 Å². The second-order valence-electron chi connectivity index (χ2n) is 4.13. The molecule has 0 unspecified atom stereocenters. The molecule has 0 atom stereocenters. The van der Waals surface area contributed by atoms with E-state index in [9.17, 15) is 4.39 Å². The summed E-state index contributed by atoms with van der Waals surface area (Å²) >= 11 is 0. The summed E-state index contributed by atoms with van der Waals surface area (Å²) in [4.78, 5) is 5.44. The van der Waals surface area contributed by atoms with Gasteiger partial charge in [0.1, 0.15) is 0 Å². The van der Waals surface area contributed by atoms with Crippen LogP contribution in [0.15, 0.2) is 18.2 Å². The summed E-state index contributed by atoms with van der Waals surface area (Å²) in [5.74, 6) is -0.916. The highest BCUT2D eigenvalue weighted by Gasteiger charge is 2.15. The lowest BCUT2D eigenvalue weighted by atomic mass is 10.2. The maximum absolute atomic E-state index is 13.0. The normalized spacial score (nSPS) is 16.8. The molecule has 0 heterocycles. The second kappa shape index (κ2) is 5.27. The van der Waals surface area contributed by atoms with Crippen molar-refractivity contribution in [2.45, 2.75) is 38.3 Å². The first kappa shape index (κ1) is 11.4. The largest absolute Gasteiger partial charge is 0.505 e. The lowest BCUT2D eigenvalue weighted by Gasteiger charge is -2.11. The van der Waals surface area contributed by atoms with Crippen molar-refractivity contribution in [3.05, 3.63) is 29.6 Å². The van der Waals surface area contributed by atoms with Crippen molar-refractivity contribution in [3.8, 4) is 5.75 Å². The SMILES string of the molecule is Oc1ccc(CNOC2CCCC2)cc1F. The molecule has 1 aliphatic carbocycles. The van der Waals surface area contributed by atoms with Crippen LogP contribution in [-0.4, -0.2) is 11.2 Å². The lowest BCUT2D eigenvalue weighted by Crippen LogP contribution is -2.21. The fourth-order valence-electron chi connectivity index (χ4n) is 1.91. The third-order valence-electron chi connectivity index (χ3n) is 2.84. The molecule has 0 bridgehead atoms. The summed E-state index contributed by atoms with van der Waals surface area (Å²) in [6.07, 6.45) is 4.93. The van der Waals surface area contributed by atoms with Gasteiger partial charge in [-0.2, -0.15) is 5.48 Å². The zero-order valence-corrected chi connectivity index (χ0v) is 9.08. The molecule has 0 radical (unpaired) electrons. The fourth-order valence-corrected chi connectivity index (χ4v) is 1.91. The molecule has 1 aliphatic rings. The van der Waals surface area contributed by atoms with Gasteiger partial charge < -0.3 is 5.11 Å². The average molecular weight is 225 g/mol. The highest BCUT2D eigenvalue weighted by molar-refractivity contribution is 5.27. The molecule has 0 amide bonds. The number of hydroxylamine groups is 1. The van der Waals surface area contributed by atoms with Gasteiger partial charge in [0.05, 0.1) is 6.10 Å². The van der Waals surface area contributed by atoms with E-state index < -0.39 is 5.82 Å². The van der Waals surface area contributed by atoms with Crippen LogP contribution in [0.5, 0.6) is 5.75 Å². The van der Waals surface area contributed by atoms with Gasteiger partial charge in [-0.05, 0) is 30.5 Å². The van der Waals surface area contributed by atoms with Gasteiger partial charge >= 0.3 is 0 Å². The topological polar surface area (TPSA) is 41.5 Å². The van der Waals surface area contributed by atoms with E-state index in [0.717, 1.165) is 18.4 Å². The third kappa shape index (κ3) is 2.93. The molecule has 16 heavy (non-hydrogen) atoms. The Labute approximate surface area is 94.2 Å². The predicted molar refractivity (Wildman–Crippen MR) is 58.2 cm³/mol. The van der Waals surface area contributed by atoms with Crippen molar-refractivity contribution >= 4 is 0 Å². The monoisotopic (exact) mass is 225 g/mol. The fraction of sp³-hybridized carbons (Fsp3) is 0.500. The molecule has 88 valence electrons. The third-order valence-corrected chi connectivity index (χ3v) is 2.84. The minimum absolute atomic E-state index is 0.293. The second-order valence-corrected chi connectivity index (χ2v) is 4.13. The Bertz CT molecular complexity index is 351. The van der Waals surface area contributed by atoms with Crippen LogP contribution in [0.25, 0.3) is 0 Å². The summed E-state index contributed by atoms with van der Waals surface area (Å²) in [7, 11) is 0. The van der Waals surface area contributed by atoms with Gasteiger partial charge in [0, 0.05) is 6.54 Å². The smallest absolute Gasteiger partial charge is 0.165 e. The molecule has 4 heteroatoms. The minimum Gasteiger partial charge on any atom is -0.505 e. The summed E-state index contributed by atoms with van der Waals surface area (Å²) < 4.78 is 13.0. The zero-order valence-electron chi connectivity index (χ0n) is 9.08. The van der Waals surface area contributed by atoms with Crippen molar-refractivity contribution in [3.63, 3.8) is 0 Å². The maximum atomic E-state index is 13.0. The average Bonchev–Trinajstić information content (AvgIpc) is 2.76.